The second-order valence-corrected chi connectivity index (χ2v) is 6.74. The van der Waals surface area contributed by atoms with Gasteiger partial charge in [-0.05, 0) is 37.3 Å². The molecule has 1 N–H and O–H groups in total. The van der Waals surface area contributed by atoms with E-state index in [1.807, 2.05) is 19.1 Å². The topological polar surface area (TPSA) is 69.7 Å². The molecule has 0 aliphatic rings. The first kappa shape index (κ1) is 20.0. The molecule has 0 fully saturated rings. The molecular formula is C20H18Cl2N2O4. The summed E-state index contributed by atoms with van der Waals surface area (Å²) in [5.74, 6) is 1.02. The van der Waals surface area contributed by atoms with Crippen LogP contribution in [0.4, 0.5) is 5.69 Å². The zero-order chi connectivity index (χ0) is 20.3. The number of ether oxygens (including phenoxy) is 3. The molecule has 146 valence electrons. The monoisotopic (exact) mass is 420 g/mol. The third-order valence-electron chi connectivity index (χ3n) is 3.99. The van der Waals surface area contributed by atoms with Crippen LogP contribution in [0.15, 0.2) is 36.4 Å². The number of methoxy groups -OCH3 is 2. The Bertz CT molecular complexity index is 1040. The zero-order valence-corrected chi connectivity index (χ0v) is 17.0. The molecule has 0 spiro atoms. The number of carbonyl (C=O) groups excluding carboxylic acids is 1. The fourth-order valence-corrected chi connectivity index (χ4v) is 3.25. The summed E-state index contributed by atoms with van der Waals surface area (Å²) in [6.45, 7) is 1.60. The van der Waals surface area contributed by atoms with Gasteiger partial charge in [0, 0.05) is 22.8 Å². The van der Waals surface area contributed by atoms with Gasteiger partial charge in [0.25, 0.3) is 5.91 Å². The lowest BCUT2D eigenvalue weighted by molar-refractivity contribution is -0.118. The number of aromatic nitrogens is 1. The fourth-order valence-electron chi connectivity index (χ4n) is 2.68. The standard InChI is InChI=1S/C20H18Cl2N2O4/c1-11-4-6-13-14(21)9-15(22)20(19(13)23-11)28-10-18(25)24-12-5-7-16(26-2)17(8-12)27-3/h4-9H,10H2,1-3H3,(H,24,25). The van der Waals surface area contributed by atoms with Crippen molar-refractivity contribution in [1.82, 2.24) is 4.98 Å². The van der Waals surface area contributed by atoms with E-state index in [4.69, 9.17) is 37.4 Å². The van der Waals surface area contributed by atoms with Crippen LogP contribution in [-0.2, 0) is 4.79 Å². The highest BCUT2D eigenvalue weighted by atomic mass is 35.5. The van der Waals surface area contributed by atoms with E-state index < -0.39 is 0 Å². The number of fused-ring (bicyclic) bond motifs is 1. The highest BCUT2D eigenvalue weighted by molar-refractivity contribution is 6.39. The molecule has 1 aromatic heterocycles. The van der Waals surface area contributed by atoms with E-state index in [-0.39, 0.29) is 17.5 Å². The predicted molar refractivity (Wildman–Crippen MR) is 110 cm³/mol. The van der Waals surface area contributed by atoms with Gasteiger partial charge in [0.1, 0.15) is 5.52 Å². The summed E-state index contributed by atoms with van der Waals surface area (Å²) in [6, 6.07) is 10.3. The molecule has 1 amide bonds. The maximum Gasteiger partial charge on any atom is 0.262 e. The first-order valence-electron chi connectivity index (χ1n) is 8.33. The quantitative estimate of drug-likeness (QED) is 0.614. The molecule has 1 heterocycles. The second-order valence-electron chi connectivity index (χ2n) is 5.92. The maximum atomic E-state index is 12.3. The molecular weight excluding hydrogens is 403 g/mol. The Hall–Kier alpha value is -2.70. The molecule has 0 atom stereocenters. The van der Waals surface area contributed by atoms with Crippen molar-refractivity contribution in [2.24, 2.45) is 0 Å². The number of rotatable bonds is 6. The number of benzene rings is 2. The minimum Gasteiger partial charge on any atom is -0.493 e. The number of amides is 1. The molecule has 3 rings (SSSR count). The van der Waals surface area contributed by atoms with Crippen molar-refractivity contribution in [3.63, 3.8) is 0 Å². The van der Waals surface area contributed by atoms with Crippen molar-refractivity contribution in [3.05, 3.63) is 52.1 Å². The number of hydrogen-bond donors (Lipinski definition) is 1. The molecule has 0 unspecified atom stereocenters. The molecule has 6 nitrogen and oxygen atoms in total. The number of carbonyl (C=O) groups is 1. The predicted octanol–water partition coefficient (Wildman–Crippen LogP) is 4.88. The van der Waals surface area contributed by atoms with Gasteiger partial charge >= 0.3 is 0 Å². The highest BCUT2D eigenvalue weighted by Gasteiger charge is 2.15. The van der Waals surface area contributed by atoms with Gasteiger partial charge in [-0.15, -0.1) is 0 Å². The SMILES string of the molecule is COc1ccc(NC(=O)COc2c(Cl)cc(Cl)c3ccc(C)nc23)cc1OC. The smallest absolute Gasteiger partial charge is 0.262 e. The number of hydrogen-bond acceptors (Lipinski definition) is 5. The summed E-state index contributed by atoms with van der Waals surface area (Å²) >= 11 is 12.5. The van der Waals surface area contributed by atoms with E-state index in [9.17, 15) is 4.79 Å². The molecule has 0 saturated heterocycles. The van der Waals surface area contributed by atoms with Gasteiger partial charge in [0.05, 0.1) is 24.3 Å². The third-order valence-corrected chi connectivity index (χ3v) is 4.59. The van der Waals surface area contributed by atoms with Crippen LogP contribution >= 0.6 is 23.2 Å². The molecule has 0 saturated carbocycles. The molecule has 0 radical (unpaired) electrons. The highest BCUT2D eigenvalue weighted by Crippen LogP contribution is 2.37. The molecule has 3 aromatic rings. The van der Waals surface area contributed by atoms with Crippen molar-refractivity contribution in [2.75, 3.05) is 26.1 Å². The average molecular weight is 421 g/mol. The Morgan fingerprint density at radius 1 is 1.04 bits per heavy atom. The van der Waals surface area contributed by atoms with E-state index in [0.29, 0.717) is 38.9 Å². The van der Waals surface area contributed by atoms with Crippen LogP contribution in [0.5, 0.6) is 17.2 Å². The number of halogens is 2. The Morgan fingerprint density at radius 3 is 2.50 bits per heavy atom. The maximum absolute atomic E-state index is 12.3. The van der Waals surface area contributed by atoms with Gasteiger partial charge in [-0.1, -0.05) is 23.2 Å². The average Bonchev–Trinajstić information content (AvgIpc) is 2.67. The Balaban J connectivity index is 1.77. The van der Waals surface area contributed by atoms with Gasteiger partial charge in [-0.25, -0.2) is 4.98 Å². The minimum atomic E-state index is -0.362. The number of pyridine rings is 1. The molecule has 28 heavy (non-hydrogen) atoms. The Labute approximate surface area is 172 Å². The van der Waals surface area contributed by atoms with Crippen molar-refractivity contribution < 1.29 is 19.0 Å². The summed E-state index contributed by atoms with van der Waals surface area (Å²) in [5.41, 5.74) is 1.84. The van der Waals surface area contributed by atoms with Crippen molar-refractivity contribution in [3.8, 4) is 17.2 Å². The number of nitrogens with zero attached hydrogens (tertiary/aromatic N) is 1. The van der Waals surface area contributed by atoms with Gasteiger partial charge in [-0.3, -0.25) is 4.79 Å². The van der Waals surface area contributed by atoms with Crippen LogP contribution in [-0.4, -0.2) is 31.7 Å². The van der Waals surface area contributed by atoms with Gasteiger partial charge in [-0.2, -0.15) is 0 Å². The van der Waals surface area contributed by atoms with E-state index in [2.05, 4.69) is 10.3 Å². The van der Waals surface area contributed by atoms with E-state index >= 15 is 0 Å². The van der Waals surface area contributed by atoms with Crippen LogP contribution in [0, 0.1) is 6.92 Å². The minimum absolute atomic E-state index is 0.250. The third kappa shape index (κ3) is 4.24. The lowest BCUT2D eigenvalue weighted by Gasteiger charge is -2.13. The summed E-state index contributed by atoms with van der Waals surface area (Å²) < 4.78 is 16.1. The fraction of sp³-hybridized carbons (Fsp3) is 0.200. The summed E-state index contributed by atoms with van der Waals surface area (Å²) in [5, 5.41) is 4.19. The van der Waals surface area contributed by atoms with E-state index in [0.717, 1.165) is 5.69 Å². The largest absolute Gasteiger partial charge is 0.493 e. The second kappa shape index (κ2) is 8.54. The van der Waals surface area contributed by atoms with Crippen LogP contribution in [0.25, 0.3) is 10.9 Å². The van der Waals surface area contributed by atoms with Crippen LogP contribution < -0.4 is 19.5 Å². The van der Waals surface area contributed by atoms with Crippen molar-refractivity contribution in [1.29, 1.82) is 0 Å². The molecule has 0 aliphatic carbocycles. The van der Waals surface area contributed by atoms with E-state index in [1.54, 1.807) is 31.4 Å². The lowest BCUT2D eigenvalue weighted by Crippen LogP contribution is -2.20. The van der Waals surface area contributed by atoms with Gasteiger partial charge < -0.3 is 19.5 Å². The van der Waals surface area contributed by atoms with E-state index in [1.165, 1.54) is 7.11 Å². The molecule has 0 aliphatic heterocycles. The molecule has 2 aromatic carbocycles. The molecule has 8 heteroatoms. The Morgan fingerprint density at radius 2 is 1.79 bits per heavy atom. The molecule has 0 bridgehead atoms. The zero-order valence-electron chi connectivity index (χ0n) is 15.5. The van der Waals surface area contributed by atoms with Crippen LogP contribution in [0.2, 0.25) is 10.0 Å². The first-order valence-corrected chi connectivity index (χ1v) is 9.08. The Kier molecular flexibility index (Phi) is 6.11. The first-order chi connectivity index (χ1) is 13.4. The van der Waals surface area contributed by atoms with Crippen molar-refractivity contribution in [2.45, 2.75) is 6.92 Å². The summed E-state index contributed by atoms with van der Waals surface area (Å²) in [4.78, 5) is 16.8. The van der Waals surface area contributed by atoms with Crippen LogP contribution in [0.1, 0.15) is 5.69 Å². The summed E-state index contributed by atoms with van der Waals surface area (Å²) in [7, 11) is 3.06. The number of nitrogens with one attached hydrogen (secondary N) is 1. The lowest BCUT2D eigenvalue weighted by atomic mass is 10.2. The number of anilines is 1. The van der Waals surface area contributed by atoms with Crippen LogP contribution in [0.3, 0.4) is 0 Å². The summed E-state index contributed by atoms with van der Waals surface area (Å²) in [6.07, 6.45) is 0. The number of aryl methyl sites for hydroxylation is 1. The van der Waals surface area contributed by atoms with Crippen molar-refractivity contribution >= 4 is 45.7 Å². The van der Waals surface area contributed by atoms with Gasteiger partial charge in [0.2, 0.25) is 0 Å². The normalized spacial score (nSPS) is 10.6. The van der Waals surface area contributed by atoms with Gasteiger partial charge in [0.15, 0.2) is 23.9 Å².